The van der Waals surface area contributed by atoms with Crippen LogP contribution in [0.3, 0.4) is 0 Å². The van der Waals surface area contributed by atoms with Crippen LogP contribution in [0, 0.1) is 17.6 Å². The van der Waals surface area contributed by atoms with E-state index in [2.05, 4.69) is 51.8 Å². The van der Waals surface area contributed by atoms with Crippen molar-refractivity contribution in [1.29, 1.82) is 0 Å². The minimum Gasteiger partial charge on any atom is -0.507 e. The summed E-state index contributed by atoms with van der Waals surface area (Å²) in [5.74, 6) is -0.874. The molecule has 0 bridgehead atoms. The molecule has 37 heavy (non-hydrogen) atoms. The molecule has 1 amide bonds. The largest absolute Gasteiger partial charge is 0.507 e. The molecule has 1 saturated heterocycles. The standard InChI is InChI=1S/C31H42F2N2O2/c1-30(2,3)24-17-22(18-25(29(24)37)31(4,5)6)8-10-28(36)34-14-11-21-12-15-35(16-13-21)20-23-7-9-26(32)27(33)19-23/h7-10,17-19,21,37H,11-16,20H2,1-6H3,(H,34,36)/b10-8+. The van der Waals surface area contributed by atoms with E-state index in [0.29, 0.717) is 24.8 Å². The molecule has 3 rings (SSSR count). The van der Waals surface area contributed by atoms with Gasteiger partial charge in [0, 0.05) is 30.3 Å². The van der Waals surface area contributed by atoms with E-state index in [9.17, 15) is 18.7 Å². The first-order chi connectivity index (χ1) is 17.2. The maximum absolute atomic E-state index is 13.5. The van der Waals surface area contributed by atoms with Gasteiger partial charge in [0.2, 0.25) is 5.91 Å². The molecule has 1 aliphatic rings. The lowest BCUT2D eigenvalue weighted by atomic mass is 9.78. The average Bonchev–Trinajstić information content (AvgIpc) is 2.80. The van der Waals surface area contributed by atoms with Gasteiger partial charge in [-0.25, -0.2) is 8.78 Å². The van der Waals surface area contributed by atoms with Gasteiger partial charge in [0.15, 0.2) is 11.6 Å². The molecule has 1 fully saturated rings. The molecule has 0 aliphatic carbocycles. The molecular formula is C31H42F2N2O2. The number of nitrogens with one attached hydrogen (secondary N) is 1. The lowest BCUT2D eigenvalue weighted by Gasteiger charge is -2.32. The number of nitrogens with zero attached hydrogens (tertiary/aromatic N) is 1. The Morgan fingerprint density at radius 1 is 1.00 bits per heavy atom. The first-order valence-electron chi connectivity index (χ1n) is 13.2. The summed E-state index contributed by atoms with van der Waals surface area (Å²) >= 11 is 0. The minimum atomic E-state index is -0.813. The van der Waals surface area contributed by atoms with Crippen LogP contribution in [0.15, 0.2) is 36.4 Å². The summed E-state index contributed by atoms with van der Waals surface area (Å²) in [5, 5.41) is 13.9. The Morgan fingerprint density at radius 2 is 1.59 bits per heavy atom. The fourth-order valence-corrected chi connectivity index (χ4v) is 4.86. The van der Waals surface area contributed by atoms with Crippen molar-refractivity contribution < 1.29 is 18.7 Å². The fraction of sp³-hybridized carbons (Fsp3) is 0.516. The first-order valence-corrected chi connectivity index (χ1v) is 13.2. The molecule has 0 atom stereocenters. The number of phenolic OH excluding ortho intramolecular Hbond substituents is 1. The number of rotatable bonds is 7. The second kappa shape index (κ2) is 11.8. The molecule has 2 aromatic rings. The Bertz CT molecular complexity index is 1090. The summed E-state index contributed by atoms with van der Waals surface area (Å²) in [6.07, 6.45) is 6.34. The van der Waals surface area contributed by atoms with E-state index in [4.69, 9.17) is 0 Å². The summed E-state index contributed by atoms with van der Waals surface area (Å²) < 4.78 is 26.6. The van der Waals surface area contributed by atoms with Crippen LogP contribution in [0.1, 0.15) is 83.1 Å². The first kappa shape index (κ1) is 28.8. The minimum absolute atomic E-state index is 0.126. The van der Waals surface area contributed by atoms with Crippen LogP contribution in [0.25, 0.3) is 6.08 Å². The van der Waals surface area contributed by atoms with E-state index >= 15 is 0 Å². The number of hydrogen-bond acceptors (Lipinski definition) is 3. The zero-order chi connectivity index (χ0) is 27.4. The molecule has 2 N–H and O–H groups in total. The molecule has 202 valence electrons. The maximum Gasteiger partial charge on any atom is 0.243 e. The van der Waals surface area contributed by atoms with Crippen molar-refractivity contribution >= 4 is 12.0 Å². The molecular weight excluding hydrogens is 470 g/mol. The number of hydrogen-bond donors (Lipinski definition) is 2. The third-order valence-electron chi connectivity index (χ3n) is 7.12. The smallest absolute Gasteiger partial charge is 0.243 e. The molecule has 6 heteroatoms. The number of piperidine rings is 1. The predicted octanol–water partition coefficient (Wildman–Crippen LogP) is 6.70. The molecule has 0 saturated carbocycles. The SMILES string of the molecule is CC(C)(C)c1cc(/C=C/C(=O)NCCC2CCN(Cc3ccc(F)c(F)c3)CC2)cc(C(C)(C)C)c1O. The summed E-state index contributed by atoms with van der Waals surface area (Å²) in [6.45, 7) is 15.5. The van der Waals surface area contributed by atoms with Crippen molar-refractivity contribution in [3.05, 3.63) is 70.3 Å². The number of halogens is 2. The van der Waals surface area contributed by atoms with Crippen LogP contribution in [0.5, 0.6) is 5.75 Å². The lowest BCUT2D eigenvalue weighted by molar-refractivity contribution is -0.116. The van der Waals surface area contributed by atoms with E-state index in [-0.39, 0.29) is 16.7 Å². The van der Waals surface area contributed by atoms with Crippen molar-refractivity contribution in [3.8, 4) is 5.75 Å². The van der Waals surface area contributed by atoms with Gasteiger partial charge in [0.1, 0.15) is 5.75 Å². The normalized spacial score (nSPS) is 15.9. The number of carbonyl (C=O) groups is 1. The molecule has 0 unspecified atom stereocenters. The van der Waals surface area contributed by atoms with Crippen molar-refractivity contribution in [2.45, 2.75) is 78.2 Å². The van der Waals surface area contributed by atoms with E-state index in [1.165, 1.54) is 12.1 Å². The van der Waals surface area contributed by atoms with E-state index in [1.807, 2.05) is 18.2 Å². The zero-order valence-corrected chi connectivity index (χ0v) is 23.1. The van der Waals surface area contributed by atoms with Gasteiger partial charge in [0.05, 0.1) is 0 Å². The Hall–Kier alpha value is -2.73. The zero-order valence-electron chi connectivity index (χ0n) is 23.1. The van der Waals surface area contributed by atoms with Crippen molar-refractivity contribution in [2.24, 2.45) is 5.92 Å². The van der Waals surface area contributed by atoms with E-state index in [1.54, 1.807) is 12.1 Å². The maximum atomic E-state index is 13.5. The Labute approximate surface area is 220 Å². The van der Waals surface area contributed by atoms with Crippen LogP contribution in [-0.2, 0) is 22.2 Å². The molecule has 2 aromatic carbocycles. The number of likely N-dealkylation sites (tertiary alicyclic amines) is 1. The van der Waals surface area contributed by atoms with Gasteiger partial charge >= 0.3 is 0 Å². The Morgan fingerprint density at radius 3 is 2.14 bits per heavy atom. The number of aromatic hydroxyl groups is 1. The predicted molar refractivity (Wildman–Crippen MR) is 147 cm³/mol. The summed E-state index contributed by atoms with van der Waals surface area (Å²) in [4.78, 5) is 14.7. The summed E-state index contributed by atoms with van der Waals surface area (Å²) in [6, 6.07) is 8.02. The van der Waals surface area contributed by atoms with Crippen LogP contribution in [0.2, 0.25) is 0 Å². The molecule has 0 spiro atoms. The molecule has 1 heterocycles. The highest BCUT2D eigenvalue weighted by atomic mass is 19.2. The molecule has 0 aromatic heterocycles. The third-order valence-corrected chi connectivity index (χ3v) is 7.12. The highest BCUT2D eigenvalue weighted by Gasteiger charge is 2.26. The second-order valence-corrected chi connectivity index (χ2v) is 12.3. The number of amides is 1. The highest BCUT2D eigenvalue weighted by Crippen LogP contribution is 2.40. The van der Waals surface area contributed by atoms with Crippen molar-refractivity contribution in [1.82, 2.24) is 10.2 Å². The monoisotopic (exact) mass is 512 g/mol. The van der Waals surface area contributed by atoms with Crippen molar-refractivity contribution in [3.63, 3.8) is 0 Å². The fourth-order valence-electron chi connectivity index (χ4n) is 4.86. The van der Waals surface area contributed by atoms with Gasteiger partial charge in [-0.2, -0.15) is 0 Å². The van der Waals surface area contributed by atoms with Gasteiger partial charge in [-0.3, -0.25) is 9.69 Å². The van der Waals surface area contributed by atoms with Crippen LogP contribution < -0.4 is 5.32 Å². The van der Waals surface area contributed by atoms with E-state index in [0.717, 1.165) is 54.6 Å². The quantitative estimate of drug-likeness (QED) is 0.406. The van der Waals surface area contributed by atoms with Gasteiger partial charge < -0.3 is 10.4 Å². The van der Waals surface area contributed by atoms with Gasteiger partial charge in [0.25, 0.3) is 0 Å². The Balaban J connectivity index is 1.49. The highest BCUT2D eigenvalue weighted by molar-refractivity contribution is 5.91. The van der Waals surface area contributed by atoms with Crippen LogP contribution in [-0.4, -0.2) is 35.5 Å². The van der Waals surface area contributed by atoms with Gasteiger partial charge in [-0.05, 0) is 90.6 Å². The van der Waals surface area contributed by atoms with Crippen molar-refractivity contribution in [2.75, 3.05) is 19.6 Å². The Kier molecular flexibility index (Phi) is 9.17. The number of benzene rings is 2. The van der Waals surface area contributed by atoms with Gasteiger partial charge in [-0.15, -0.1) is 0 Å². The third kappa shape index (κ3) is 8.13. The number of carbonyl (C=O) groups excluding carboxylic acids is 1. The molecule has 4 nitrogen and oxygen atoms in total. The average molecular weight is 513 g/mol. The van der Waals surface area contributed by atoms with E-state index < -0.39 is 11.6 Å². The molecule has 0 radical (unpaired) electrons. The van der Waals surface area contributed by atoms with Crippen LogP contribution in [0.4, 0.5) is 8.78 Å². The lowest BCUT2D eigenvalue weighted by Crippen LogP contribution is -2.34. The second-order valence-electron chi connectivity index (χ2n) is 12.3. The number of phenols is 1. The van der Waals surface area contributed by atoms with Gasteiger partial charge in [-0.1, -0.05) is 47.6 Å². The molecule has 1 aliphatic heterocycles. The van der Waals surface area contributed by atoms with Crippen LogP contribution >= 0.6 is 0 Å². The topological polar surface area (TPSA) is 52.6 Å². The summed E-state index contributed by atoms with van der Waals surface area (Å²) in [7, 11) is 0. The summed E-state index contributed by atoms with van der Waals surface area (Å²) in [5.41, 5.74) is 2.99.